The van der Waals surface area contributed by atoms with Crippen molar-refractivity contribution in [3.05, 3.63) is 104 Å². The third-order valence-electron chi connectivity index (χ3n) is 4.41. The molecule has 28 heavy (non-hydrogen) atoms. The summed E-state index contributed by atoms with van der Waals surface area (Å²) in [4.78, 5) is 19.6. The average molecular weight is 496 g/mol. The summed E-state index contributed by atoms with van der Waals surface area (Å²) in [5.41, 5.74) is 4.18. The number of amidine groups is 1. The molecule has 3 aromatic rings. The number of nitrogens with zero attached hydrogens (tertiary/aromatic N) is 2. The van der Waals surface area contributed by atoms with E-state index in [-0.39, 0.29) is 5.91 Å². The second-order valence-electron chi connectivity index (χ2n) is 6.50. The smallest absolute Gasteiger partial charge is 0.266 e. The summed E-state index contributed by atoms with van der Waals surface area (Å²) >= 11 is 6.92. The summed E-state index contributed by atoms with van der Waals surface area (Å²) in [7, 11) is 0. The zero-order valence-electron chi connectivity index (χ0n) is 15.1. The number of carbonyl (C=O) groups excluding carboxylic acids is 1. The van der Waals surface area contributed by atoms with Crippen LogP contribution >= 0.6 is 31.9 Å². The molecule has 0 unspecified atom stereocenters. The maximum Gasteiger partial charge on any atom is 0.282 e. The summed E-state index contributed by atoms with van der Waals surface area (Å²) in [5, 5.41) is 0. The number of hydrogen-bond acceptors (Lipinski definition) is 2. The third kappa shape index (κ3) is 3.86. The largest absolute Gasteiger partial charge is 0.282 e. The van der Waals surface area contributed by atoms with Gasteiger partial charge in [0.25, 0.3) is 5.91 Å². The molecule has 1 aliphatic rings. The molecule has 5 heteroatoms. The summed E-state index contributed by atoms with van der Waals surface area (Å²) in [6, 6.07) is 23.5. The number of rotatable bonds is 3. The third-order valence-corrected chi connectivity index (χ3v) is 5.43. The highest BCUT2D eigenvalue weighted by Crippen LogP contribution is 2.29. The molecule has 0 fully saturated rings. The van der Waals surface area contributed by atoms with Crippen molar-refractivity contribution in [2.45, 2.75) is 6.92 Å². The van der Waals surface area contributed by atoms with Crippen LogP contribution in [0.5, 0.6) is 0 Å². The van der Waals surface area contributed by atoms with Crippen LogP contribution in [0.3, 0.4) is 0 Å². The standard InChI is InChI=1S/C23H16Br2N2O/c1-15-5-7-17(8-6-15)22-26-21(14-16-3-2-4-19(25)13-16)23(28)27(22)20-11-9-18(24)10-12-20/h2-14H,1H3/b21-14+. The van der Waals surface area contributed by atoms with Gasteiger partial charge in [-0.2, -0.15) is 0 Å². The Morgan fingerprint density at radius 3 is 2.29 bits per heavy atom. The molecule has 1 aliphatic heterocycles. The molecule has 0 aliphatic carbocycles. The van der Waals surface area contributed by atoms with Crippen molar-refractivity contribution >= 4 is 55.4 Å². The monoisotopic (exact) mass is 494 g/mol. The molecule has 3 nitrogen and oxygen atoms in total. The second-order valence-corrected chi connectivity index (χ2v) is 8.33. The lowest BCUT2D eigenvalue weighted by molar-refractivity contribution is -0.113. The van der Waals surface area contributed by atoms with Crippen LogP contribution in [0.25, 0.3) is 6.08 Å². The van der Waals surface area contributed by atoms with Crippen molar-refractivity contribution in [3.8, 4) is 0 Å². The van der Waals surface area contributed by atoms with Gasteiger partial charge in [0.15, 0.2) is 0 Å². The van der Waals surface area contributed by atoms with Gasteiger partial charge in [-0.1, -0.05) is 73.8 Å². The van der Waals surface area contributed by atoms with E-state index < -0.39 is 0 Å². The molecule has 1 heterocycles. The van der Waals surface area contributed by atoms with Crippen LogP contribution in [-0.2, 0) is 4.79 Å². The van der Waals surface area contributed by atoms with E-state index in [9.17, 15) is 4.79 Å². The number of aryl methyl sites for hydroxylation is 1. The van der Waals surface area contributed by atoms with Crippen LogP contribution in [-0.4, -0.2) is 11.7 Å². The van der Waals surface area contributed by atoms with Gasteiger partial charge in [-0.25, -0.2) is 4.99 Å². The molecule has 138 valence electrons. The molecule has 0 atom stereocenters. The quantitative estimate of drug-likeness (QED) is 0.389. The molecule has 0 saturated carbocycles. The number of carbonyl (C=O) groups is 1. The maximum atomic E-state index is 13.3. The highest BCUT2D eigenvalue weighted by atomic mass is 79.9. The summed E-state index contributed by atoms with van der Waals surface area (Å²) in [6.45, 7) is 2.04. The van der Waals surface area contributed by atoms with E-state index in [0.717, 1.165) is 31.3 Å². The fraction of sp³-hybridized carbons (Fsp3) is 0.0435. The van der Waals surface area contributed by atoms with E-state index in [4.69, 9.17) is 4.99 Å². The first kappa shape index (κ1) is 18.8. The van der Waals surface area contributed by atoms with Gasteiger partial charge in [-0.15, -0.1) is 0 Å². The predicted molar refractivity (Wildman–Crippen MR) is 121 cm³/mol. The molecule has 0 N–H and O–H groups in total. The first-order valence-electron chi connectivity index (χ1n) is 8.74. The van der Waals surface area contributed by atoms with Crippen LogP contribution in [0.1, 0.15) is 16.7 Å². The topological polar surface area (TPSA) is 32.7 Å². The van der Waals surface area contributed by atoms with Crippen LogP contribution in [0.2, 0.25) is 0 Å². The van der Waals surface area contributed by atoms with Crippen LogP contribution in [0.15, 0.2) is 92.4 Å². The SMILES string of the molecule is Cc1ccc(C2=N/C(=C/c3cccc(Br)c3)C(=O)N2c2ccc(Br)cc2)cc1. The zero-order chi connectivity index (χ0) is 19.7. The number of hydrogen-bond donors (Lipinski definition) is 0. The van der Waals surface area contributed by atoms with Gasteiger partial charge >= 0.3 is 0 Å². The van der Waals surface area contributed by atoms with Gasteiger partial charge in [-0.3, -0.25) is 9.69 Å². The van der Waals surface area contributed by atoms with Crippen molar-refractivity contribution in [2.24, 2.45) is 4.99 Å². The fourth-order valence-electron chi connectivity index (χ4n) is 3.00. The molecule has 0 aromatic heterocycles. The Bertz CT molecular complexity index is 1100. The van der Waals surface area contributed by atoms with Gasteiger partial charge in [0, 0.05) is 14.5 Å². The Balaban J connectivity index is 1.82. The first-order chi connectivity index (χ1) is 13.5. The lowest BCUT2D eigenvalue weighted by atomic mass is 10.1. The Morgan fingerprint density at radius 1 is 0.893 bits per heavy atom. The van der Waals surface area contributed by atoms with Crippen molar-refractivity contribution < 1.29 is 4.79 Å². The first-order valence-corrected chi connectivity index (χ1v) is 10.3. The van der Waals surface area contributed by atoms with E-state index in [2.05, 4.69) is 31.9 Å². The Labute approximate surface area is 180 Å². The van der Waals surface area contributed by atoms with Crippen molar-refractivity contribution in [1.82, 2.24) is 0 Å². The predicted octanol–water partition coefficient (Wildman–Crippen LogP) is 6.35. The van der Waals surface area contributed by atoms with Crippen molar-refractivity contribution in [1.29, 1.82) is 0 Å². The van der Waals surface area contributed by atoms with Crippen molar-refractivity contribution in [3.63, 3.8) is 0 Å². The molecule has 0 spiro atoms. The molecule has 0 radical (unpaired) electrons. The average Bonchev–Trinajstić information content (AvgIpc) is 2.99. The van der Waals surface area contributed by atoms with Gasteiger partial charge in [0.05, 0.1) is 5.69 Å². The molecule has 1 amide bonds. The lowest BCUT2D eigenvalue weighted by Gasteiger charge is -2.18. The van der Waals surface area contributed by atoms with E-state index in [0.29, 0.717) is 11.5 Å². The molecule has 4 rings (SSSR count). The van der Waals surface area contributed by atoms with E-state index in [1.165, 1.54) is 0 Å². The number of anilines is 1. The Hall–Kier alpha value is -2.50. The summed E-state index contributed by atoms with van der Waals surface area (Å²) in [6.07, 6.45) is 1.82. The van der Waals surface area contributed by atoms with Crippen LogP contribution < -0.4 is 4.90 Å². The minimum absolute atomic E-state index is 0.141. The Kier molecular flexibility index (Phi) is 5.29. The van der Waals surface area contributed by atoms with E-state index >= 15 is 0 Å². The molecular formula is C23H16Br2N2O. The zero-order valence-corrected chi connectivity index (χ0v) is 18.2. The minimum Gasteiger partial charge on any atom is -0.266 e. The second kappa shape index (κ2) is 7.86. The lowest BCUT2D eigenvalue weighted by Crippen LogP contribution is -2.32. The van der Waals surface area contributed by atoms with E-state index in [1.54, 1.807) is 4.90 Å². The normalized spacial score (nSPS) is 15.2. The molecule has 3 aromatic carbocycles. The molecular weight excluding hydrogens is 480 g/mol. The highest BCUT2D eigenvalue weighted by molar-refractivity contribution is 9.10. The van der Waals surface area contributed by atoms with Gasteiger partial charge < -0.3 is 0 Å². The van der Waals surface area contributed by atoms with Crippen LogP contribution in [0, 0.1) is 6.92 Å². The number of amides is 1. The van der Waals surface area contributed by atoms with E-state index in [1.807, 2.05) is 85.8 Å². The fourth-order valence-corrected chi connectivity index (χ4v) is 3.68. The minimum atomic E-state index is -0.141. The summed E-state index contributed by atoms with van der Waals surface area (Å²) < 4.78 is 1.92. The van der Waals surface area contributed by atoms with Crippen LogP contribution in [0.4, 0.5) is 5.69 Å². The Morgan fingerprint density at radius 2 is 1.61 bits per heavy atom. The van der Waals surface area contributed by atoms with Gasteiger partial charge in [0.2, 0.25) is 0 Å². The molecule has 0 bridgehead atoms. The van der Waals surface area contributed by atoms with Crippen molar-refractivity contribution in [2.75, 3.05) is 4.90 Å². The number of benzene rings is 3. The van der Waals surface area contributed by atoms with Gasteiger partial charge in [-0.05, 0) is 55.0 Å². The number of aliphatic imine (C=N–C) groups is 1. The summed E-state index contributed by atoms with van der Waals surface area (Å²) in [5.74, 6) is 0.492. The number of halogens is 2. The van der Waals surface area contributed by atoms with Gasteiger partial charge in [0.1, 0.15) is 11.5 Å². The maximum absolute atomic E-state index is 13.3. The molecule has 0 saturated heterocycles. The highest BCUT2D eigenvalue weighted by Gasteiger charge is 2.32.